The van der Waals surface area contributed by atoms with Gasteiger partial charge in [-0.25, -0.2) is 4.57 Å². The first kappa shape index (κ1) is 53.6. The Balaban J connectivity index is 0. The van der Waals surface area contributed by atoms with Crippen molar-refractivity contribution in [3.05, 3.63) is 24.3 Å². The van der Waals surface area contributed by atoms with Crippen LogP contribution >= 0.6 is 7.82 Å². The predicted molar refractivity (Wildman–Crippen MR) is 211 cm³/mol. The fourth-order valence-corrected chi connectivity index (χ4v) is 6.22. The molecule has 10 nitrogen and oxygen atoms in total. The van der Waals surface area contributed by atoms with Gasteiger partial charge in [0, 0.05) is 42.4 Å². The molecule has 0 saturated carbocycles. The van der Waals surface area contributed by atoms with Crippen LogP contribution in [0, 0.1) is 0 Å². The van der Waals surface area contributed by atoms with Gasteiger partial charge in [0.15, 0.2) is 6.10 Å². The van der Waals surface area contributed by atoms with Gasteiger partial charge >= 0.3 is 19.8 Å². The molecule has 0 aliphatic carbocycles. The molecule has 12 heteroatoms. The van der Waals surface area contributed by atoms with E-state index in [9.17, 15) is 24.2 Å². The maximum absolute atomic E-state index is 12.6. The second kappa shape index (κ2) is 40.1. The molecule has 0 aliphatic heterocycles. The second-order valence-corrected chi connectivity index (χ2v) is 15.1. The molecule has 3 N–H and O–H groups in total. The molecule has 0 aromatic heterocycles. The van der Waals surface area contributed by atoms with E-state index in [1.807, 2.05) is 0 Å². The van der Waals surface area contributed by atoms with E-state index in [0.717, 1.165) is 64.2 Å². The normalized spacial score (nSPS) is 13.9. The van der Waals surface area contributed by atoms with Crippen molar-refractivity contribution in [2.75, 3.05) is 26.4 Å². The molecule has 0 saturated heterocycles. The van der Waals surface area contributed by atoms with E-state index in [1.54, 1.807) is 0 Å². The van der Waals surface area contributed by atoms with Crippen molar-refractivity contribution >= 4 is 49.3 Å². The van der Waals surface area contributed by atoms with Gasteiger partial charge in [-0.2, -0.15) is 0 Å². The van der Waals surface area contributed by atoms with Crippen LogP contribution in [-0.2, 0) is 32.7 Å². The third-order valence-electron chi connectivity index (χ3n) is 8.61. The summed E-state index contributed by atoms with van der Waals surface area (Å²) >= 11 is 0. The van der Waals surface area contributed by atoms with E-state index in [-0.39, 0.29) is 49.0 Å². The zero-order valence-electron chi connectivity index (χ0n) is 33.3. The average Bonchev–Trinajstić information content (AvgIpc) is 3.12. The van der Waals surface area contributed by atoms with Crippen LogP contribution in [0.4, 0.5) is 0 Å². The molecule has 1 radical (unpaired) electrons. The van der Waals surface area contributed by atoms with Crippen LogP contribution in [0.25, 0.3) is 0 Å². The topological polar surface area (TPSA) is 149 Å². The van der Waals surface area contributed by atoms with Crippen molar-refractivity contribution in [3.8, 4) is 0 Å². The van der Waals surface area contributed by atoms with Gasteiger partial charge in [-0.1, -0.05) is 147 Å². The molecule has 0 heterocycles. The number of rotatable bonds is 38. The Morgan fingerprint density at radius 2 is 1.02 bits per heavy atom. The number of carbonyl (C=O) groups excluding carboxylic acids is 2. The Labute approximate surface area is 339 Å². The van der Waals surface area contributed by atoms with Gasteiger partial charge in [-0.3, -0.25) is 18.6 Å². The largest absolute Gasteiger partial charge is 0.472 e. The Bertz CT molecular complexity index is 917. The molecule has 0 spiro atoms. The van der Waals surface area contributed by atoms with Crippen molar-refractivity contribution in [3.63, 3.8) is 0 Å². The van der Waals surface area contributed by atoms with Gasteiger partial charge < -0.3 is 24.6 Å². The van der Waals surface area contributed by atoms with Crippen LogP contribution < -0.4 is 0 Å². The number of phosphoric ester groups is 1. The molecule has 0 aromatic rings. The van der Waals surface area contributed by atoms with Crippen molar-refractivity contribution in [2.45, 2.75) is 193 Å². The summed E-state index contributed by atoms with van der Waals surface area (Å²) in [7, 11) is -4.61. The molecule has 301 valence electrons. The maximum atomic E-state index is 12.6. The fourth-order valence-electron chi connectivity index (χ4n) is 5.43. The quantitative estimate of drug-likeness (QED) is 0.0182. The number of allylic oxidation sites excluding steroid dienone is 4. The molecular formula is C40H75NaO10P. The number of hydrogen-bond donors (Lipinski definition) is 3. The van der Waals surface area contributed by atoms with E-state index >= 15 is 0 Å². The molecule has 0 bridgehead atoms. The molecule has 52 heavy (non-hydrogen) atoms. The summed E-state index contributed by atoms with van der Waals surface area (Å²) in [6, 6.07) is 0. The number of hydrogen-bond acceptors (Lipinski definition) is 9. The Hall–Kier alpha value is -0.550. The summed E-state index contributed by atoms with van der Waals surface area (Å²) in [5, 5.41) is 18.3. The van der Waals surface area contributed by atoms with Crippen molar-refractivity contribution < 1.29 is 47.8 Å². The molecule has 0 fully saturated rings. The Morgan fingerprint density at radius 1 is 0.596 bits per heavy atom. The van der Waals surface area contributed by atoms with Crippen molar-refractivity contribution in [1.82, 2.24) is 0 Å². The van der Waals surface area contributed by atoms with Gasteiger partial charge in [-0.15, -0.1) is 0 Å². The molecule has 2 unspecified atom stereocenters. The first-order chi connectivity index (χ1) is 24.7. The minimum Gasteiger partial charge on any atom is -0.462 e. The molecule has 0 rings (SSSR count). The van der Waals surface area contributed by atoms with Crippen LogP contribution in [0.2, 0.25) is 0 Å². The predicted octanol–water partition coefficient (Wildman–Crippen LogP) is 9.84. The monoisotopic (exact) mass is 769 g/mol. The Kier molecular flexibility index (Phi) is 41.3. The Morgan fingerprint density at radius 3 is 1.54 bits per heavy atom. The first-order valence-electron chi connectivity index (χ1n) is 20.3. The molecular weight excluding hydrogens is 694 g/mol. The second-order valence-electron chi connectivity index (χ2n) is 13.7. The van der Waals surface area contributed by atoms with Crippen LogP contribution in [0.1, 0.15) is 181 Å². The van der Waals surface area contributed by atoms with Gasteiger partial charge in [0.1, 0.15) is 12.7 Å². The van der Waals surface area contributed by atoms with E-state index < -0.39 is 51.8 Å². The van der Waals surface area contributed by atoms with Crippen LogP contribution in [0.5, 0.6) is 0 Å². The number of unbranched alkanes of at least 4 members (excludes halogenated alkanes) is 20. The van der Waals surface area contributed by atoms with Crippen LogP contribution in [0.3, 0.4) is 0 Å². The third-order valence-corrected chi connectivity index (χ3v) is 9.56. The van der Waals surface area contributed by atoms with Crippen molar-refractivity contribution in [2.24, 2.45) is 0 Å². The van der Waals surface area contributed by atoms with E-state index in [4.69, 9.17) is 19.1 Å². The van der Waals surface area contributed by atoms with E-state index in [1.165, 1.54) is 77.0 Å². The van der Waals surface area contributed by atoms with Gasteiger partial charge in [0.2, 0.25) is 0 Å². The zero-order chi connectivity index (χ0) is 37.7. The summed E-state index contributed by atoms with van der Waals surface area (Å²) < 4.78 is 32.6. The summed E-state index contributed by atoms with van der Waals surface area (Å²) in [6.07, 6.45) is 34.2. The minimum atomic E-state index is -4.61. The molecule has 3 atom stereocenters. The number of phosphoric acid groups is 1. The summed E-state index contributed by atoms with van der Waals surface area (Å²) in [4.78, 5) is 34.9. The summed E-state index contributed by atoms with van der Waals surface area (Å²) in [6.45, 7) is 2.34. The minimum absolute atomic E-state index is 0. The van der Waals surface area contributed by atoms with Gasteiger partial charge in [0.25, 0.3) is 0 Å². The van der Waals surface area contributed by atoms with Gasteiger partial charge in [-0.05, 0) is 44.9 Å². The third kappa shape index (κ3) is 39.2. The molecule has 0 amide bonds. The average molecular weight is 770 g/mol. The van der Waals surface area contributed by atoms with E-state index in [2.05, 4.69) is 42.7 Å². The van der Waals surface area contributed by atoms with Crippen LogP contribution in [-0.4, -0.2) is 95.2 Å². The smallest absolute Gasteiger partial charge is 0.462 e. The molecule has 0 aromatic carbocycles. The number of ether oxygens (including phenoxy) is 2. The van der Waals surface area contributed by atoms with Gasteiger partial charge in [0.05, 0.1) is 19.8 Å². The SMILES string of the molecule is CCCCCC=CCC=CCCCCCCCC(=O)O[C@H](COC(=O)CCCCCCCCCCCCCCC)COP(=O)(O)OCC(O)CO.[Na]. The number of aliphatic hydroxyl groups excluding tert-OH is 2. The number of esters is 2. The summed E-state index contributed by atoms with van der Waals surface area (Å²) in [5.74, 6) is -0.937. The maximum Gasteiger partial charge on any atom is 0.472 e. The molecule has 0 aliphatic rings. The fraction of sp³-hybridized carbons (Fsp3) is 0.850. The number of aliphatic hydroxyl groups is 2. The number of carbonyl (C=O) groups is 2. The zero-order valence-corrected chi connectivity index (χ0v) is 36.2. The first-order valence-corrected chi connectivity index (χ1v) is 21.8. The van der Waals surface area contributed by atoms with Crippen molar-refractivity contribution in [1.29, 1.82) is 0 Å². The van der Waals surface area contributed by atoms with E-state index in [0.29, 0.717) is 12.8 Å². The summed E-state index contributed by atoms with van der Waals surface area (Å²) in [5.41, 5.74) is 0. The standard InChI is InChI=1S/C40H75O10P.Na/c1-3-5-7-9-11-13-15-17-18-20-22-24-26-28-30-32-40(44)50-38(36-49-51(45,46)48-34-37(42)33-41)35-47-39(43)31-29-27-25-23-21-19-16-14-12-10-8-6-4-2;/h11,13,17-18,37-38,41-42H,3-10,12,14-16,19-36H2,1-2H3,(H,45,46);/t37?,38-;/m1./s1. The van der Waals surface area contributed by atoms with Crippen LogP contribution in [0.15, 0.2) is 24.3 Å².